The monoisotopic (exact) mass is 514 g/mol. The molecule has 0 bridgehead atoms. The molecule has 0 saturated carbocycles. The first kappa shape index (κ1) is 26.8. The molecular formula is C24H29Cl3N2O2S. The minimum Gasteiger partial charge on any atom is -0.354 e. The van der Waals surface area contributed by atoms with Crippen LogP contribution in [0.1, 0.15) is 38.3 Å². The van der Waals surface area contributed by atoms with Crippen molar-refractivity contribution in [2.75, 3.05) is 12.3 Å². The maximum atomic E-state index is 13.2. The van der Waals surface area contributed by atoms with Crippen molar-refractivity contribution in [3.05, 3.63) is 68.7 Å². The highest BCUT2D eigenvalue weighted by atomic mass is 35.5. The van der Waals surface area contributed by atoms with Crippen LogP contribution >= 0.6 is 46.6 Å². The van der Waals surface area contributed by atoms with E-state index in [4.69, 9.17) is 34.8 Å². The SMILES string of the molecule is CC[C@H](C(=O)NCC(C)C)N(Cc1ccccc1Cl)C(=O)CSCc1ccc(Cl)c(Cl)c1. The van der Waals surface area contributed by atoms with Crippen molar-refractivity contribution in [3.8, 4) is 0 Å². The molecule has 0 aliphatic heterocycles. The number of hydrogen-bond acceptors (Lipinski definition) is 3. The van der Waals surface area contributed by atoms with E-state index in [-0.39, 0.29) is 24.1 Å². The Labute approximate surface area is 210 Å². The summed E-state index contributed by atoms with van der Waals surface area (Å²) in [5, 5.41) is 4.53. The molecule has 0 fully saturated rings. The van der Waals surface area contributed by atoms with Crippen LogP contribution in [0.4, 0.5) is 0 Å². The van der Waals surface area contributed by atoms with E-state index in [0.29, 0.717) is 39.7 Å². The van der Waals surface area contributed by atoms with Gasteiger partial charge in [-0.05, 0) is 41.7 Å². The number of carbonyl (C=O) groups is 2. The summed E-state index contributed by atoms with van der Waals surface area (Å²) in [6.45, 7) is 6.82. The van der Waals surface area contributed by atoms with Crippen LogP contribution in [0.2, 0.25) is 15.1 Å². The summed E-state index contributed by atoms with van der Waals surface area (Å²) in [5.74, 6) is 0.918. The first-order chi connectivity index (χ1) is 15.2. The Balaban J connectivity index is 2.14. The quantitative estimate of drug-likeness (QED) is 0.373. The van der Waals surface area contributed by atoms with Crippen molar-refractivity contribution in [2.24, 2.45) is 5.92 Å². The van der Waals surface area contributed by atoms with Crippen LogP contribution in [0, 0.1) is 5.92 Å². The van der Waals surface area contributed by atoms with Crippen molar-refractivity contribution < 1.29 is 9.59 Å². The third kappa shape index (κ3) is 8.18. The molecule has 8 heteroatoms. The fourth-order valence-corrected chi connectivity index (χ4v) is 4.49. The van der Waals surface area contributed by atoms with Gasteiger partial charge in [-0.3, -0.25) is 9.59 Å². The van der Waals surface area contributed by atoms with Gasteiger partial charge in [0.15, 0.2) is 0 Å². The van der Waals surface area contributed by atoms with E-state index < -0.39 is 6.04 Å². The number of amides is 2. The molecule has 2 aromatic rings. The smallest absolute Gasteiger partial charge is 0.242 e. The van der Waals surface area contributed by atoms with Gasteiger partial charge in [0.1, 0.15) is 6.04 Å². The molecule has 0 radical (unpaired) electrons. The van der Waals surface area contributed by atoms with Gasteiger partial charge in [-0.2, -0.15) is 0 Å². The summed E-state index contributed by atoms with van der Waals surface area (Å²) in [7, 11) is 0. The van der Waals surface area contributed by atoms with Gasteiger partial charge in [0.05, 0.1) is 15.8 Å². The van der Waals surface area contributed by atoms with Crippen LogP contribution in [0.3, 0.4) is 0 Å². The van der Waals surface area contributed by atoms with E-state index in [1.54, 1.807) is 23.1 Å². The number of hydrogen-bond donors (Lipinski definition) is 1. The second-order valence-corrected chi connectivity index (χ2v) is 10.1. The Kier molecular flexibility index (Phi) is 11.2. The van der Waals surface area contributed by atoms with Gasteiger partial charge in [-0.15, -0.1) is 11.8 Å². The maximum Gasteiger partial charge on any atom is 0.242 e. The number of nitrogens with one attached hydrogen (secondary N) is 1. The molecule has 32 heavy (non-hydrogen) atoms. The standard InChI is InChI=1S/C24H29Cl3N2O2S/c1-4-22(24(31)28-12-16(2)3)29(13-18-7-5-6-8-19(18)25)23(30)15-32-14-17-9-10-20(26)21(27)11-17/h5-11,16,22H,4,12-15H2,1-3H3,(H,28,31)/t22-/m1/s1. The van der Waals surface area contributed by atoms with Gasteiger partial charge >= 0.3 is 0 Å². The molecular weight excluding hydrogens is 487 g/mol. The second kappa shape index (κ2) is 13.3. The maximum absolute atomic E-state index is 13.2. The minimum atomic E-state index is -0.567. The van der Waals surface area contributed by atoms with Crippen molar-refractivity contribution in [1.82, 2.24) is 10.2 Å². The molecule has 0 saturated heterocycles. The summed E-state index contributed by atoms with van der Waals surface area (Å²) in [6.07, 6.45) is 0.511. The average Bonchev–Trinajstić information content (AvgIpc) is 2.75. The number of halogens is 3. The fourth-order valence-electron chi connectivity index (χ4n) is 3.12. The van der Waals surface area contributed by atoms with E-state index in [9.17, 15) is 9.59 Å². The summed E-state index contributed by atoms with van der Waals surface area (Å²) < 4.78 is 0. The topological polar surface area (TPSA) is 49.4 Å². The predicted octanol–water partition coefficient (Wildman–Crippen LogP) is 6.46. The Bertz CT molecular complexity index is 924. The first-order valence-electron chi connectivity index (χ1n) is 10.5. The molecule has 1 N–H and O–H groups in total. The zero-order valence-corrected chi connectivity index (χ0v) is 21.6. The van der Waals surface area contributed by atoms with Gasteiger partial charge in [-0.25, -0.2) is 0 Å². The second-order valence-electron chi connectivity index (χ2n) is 7.92. The molecule has 4 nitrogen and oxygen atoms in total. The number of carbonyl (C=O) groups excluding carboxylic acids is 2. The highest BCUT2D eigenvalue weighted by molar-refractivity contribution is 7.99. The van der Waals surface area contributed by atoms with Crippen molar-refractivity contribution in [1.29, 1.82) is 0 Å². The van der Waals surface area contributed by atoms with Gasteiger partial charge in [-0.1, -0.05) is 79.8 Å². The molecule has 2 rings (SSSR count). The zero-order chi connectivity index (χ0) is 23.7. The van der Waals surface area contributed by atoms with E-state index >= 15 is 0 Å². The molecule has 0 aromatic heterocycles. The van der Waals surface area contributed by atoms with E-state index in [1.165, 1.54) is 11.8 Å². The fraction of sp³-hybridized carbons (Fsp3) is 0.417. The van der Waals surface area contributed by atoms with Crippen LogP contribution in [-0.2, 0) is 21.9 Å². The normalized spacial score (nSPS) is 12.0. The third-order valence-corrected chi connectivity index (χ3v) is 6.94. The highest BCUT2D eigenvalue weighted by Gasteiger charge is 2.29. The largest absolute Gasteiger partial charge is 0.354 e. The van der Waals surface area contributed by atoms with Crippen LogP contribution in [-0.4, -0.2) is 35.1 Å². The molecule has 0 unspecified atom stereocenters. The number of nitrogens with zero attached hydrogens (tertiary/aromatic N) is 1. The lowest BCUT2D eigenvalue weighted by Gasteiger charge is -2.31. The van der Waals surface area contributed by atoms with E-state index in [1.807, 2.05) is 45.0 Å². The lowest BCUT2D eigenvalue weighted by molar-refractivity contribution is -0.139. The van der Waals surface area contributed by atoms with Crippen molar-refractivity contribution in [2.45, 2.75) is 45.5 Å². The Morgan fingerprint density at radius 3 is 2.38 bits per heavy atom. The molecule has 0 heterocycles. The molecule has 0 aliphatic rings. The van der Waals surface area contributed by atoms with Crippen molar-refractivity contribution >= 4 is 58.4 Å². The Morgan fingerprint density at radius 2 is 1.75 bits per heavy atom. The minimum absolute atomic E-state index is 0.110. The summed E-state index contributed by atoms with van der Waals surface area (Å²) >= 11 is 19.9. The van der Waals surface area contributed by atoms with E-state index in [0.717, 1.165) is 11.1 Å². The Hall–Kier alpha value is -1.40. The lowest BCUT2D eigenvalue weighted by atomic mass is 10.1. The third-order valence-electron chi connectivity index (χ3n) is 4.85. The van der Waals surface area contributed by atoms with E-state index in [2.05, 4.69) is 5.32 Å². The van der Waals surface area contributed by atoms with Gasteiger partial charge in [0.2, 0.25) is 11.8 Å². The van der Waals surface area contributed by atoms with Crippen LogP contribution in [0.25, 0.3) is 0 Å². The van der Waals surface area contributed by atoms with Crippen molar-refractivity contribution in [3.63, 3.8) is 0 Å². The summed E-state index contributed by atoms with van der Waals surface area (Å²) in [4.78, 5) is 27.8. The Morgan fingerprint density at radius 1 is 1.03 bits per heavy atom. The molecule has 2 amide bonds. The number of rotatable bonds is 11. The summed E-state index contributed by atoms with van der Waals surface area (Å²) in [5.41, 5.74) is 1.80. The van der Waals surface area contributed by atoms with Gasteiger partial charge in [0, 0.05) is 23.9 Å². The van der Waals surface area contributed by atoms with Gasteiger partial charge < -0.3 is 10.2 Å². The van der Waals surface area contributed by atoms with Crippen LogP contribution in [0.5, 0.6) is 0 Å². The number of benzene rings is 2. The predicted molar refractivity (Wildman–Crippen MR) is 137 cm³/mol. The van der Waals surface area contributed by atoms with Gasteiger partial charge in [0.25, 0.3) is 0 Å². The molecule has 0 aliphatic carbocycles. The molecule has 174 valence electrons. The van der Waals surface area contributed by atoms with Crippen LogP contribution in [0.15, 0.2) is 42.5 Å². The first-order valence-corrected chi connectivity index (χ1v) is 12.8. The van der Waals surface area contributed by atoms with Crippen LogP contribution < -0.4 is 5.32 Å². The highest BCUT2D eigenvalue weighted by Crippen LogP contribution is 2.25. The average molecular weight is 516 g/mol. The number of thioether (sulfide) groups is 1. The molecule has 1 atom stereocenters. The summed E-state index contributed by atoms with van der Waals surface area (Å²) in [6, 6.07) is 12.3. The lowest BCUT2D eigenvalue weighted by Crippen LogP contribution is -2.50. The molecule has 0 spiro atoms. The zero-order valence-electron chi connectivity index (χ0n) is 18.5. The molecule has 2 aromatic carbocycles.